The van der Waals surface area contributed by atoms with E-state index in [0.29, 0.717) is 12.3 Å². The van der Waals surface area contributed by atoms with Crippen LogP contribution >= 0.6 is 0 Å². The van der Waals surface area contributed by atoms with Gasteiger partial charge < -0.3 is 5.73 Å². The minimum atomic E-state index is -0.675. The summed E-state index contributed by atoms with van der Waals surface area (Å²) in [5.41, 5.74) is 10.4. The number of aryl methyl sites for hydroxylation is 1. The molecular formula is C22H27NO3. The van der Waals surface area contributed by atoms with Gasteiger partial charge in [0.15, 0.2) is 6.23 Å². The fourth-order valence-corrected chi connectivity index (χ4v) is 3.47. The topological polar surface area (TPSA) is 61.6 Å². The van der Waals surface area contributed by atoms with Gasteiger partial charge in [0, 0.05) is 6.42 Å². The molecule has 0 saturated heterocycles. The van der Waals surface area contributed by atoms with Crippen LogP contribution < -0.4 is 5.73 Å². The molecule has 1 saturated carbocycles. The van der Waals surface area contributed by atoms with Crippen molar-refractivity contribution in [2.45, 2.75) is 57.6 Å². The third-order valence-electron chi connectivity index (χ3n) is 4.98. The van der Waals surface area contributed by atoms with Crippen LogP contribution in [-0.2, 0) is 27.4 Å². The second kappa shape index (κ2) is 8.97. The van der Waals surface area contributed by atoms with Gasteiger partial charge in [0.1, 0.15) is 0 Å². The first-order chi connectivity index (χ1) is 12.6. The fourth-order valence-electron chi connectivity index (χ4n) is 3.47. The van der Waals surface area contributed by atoms with Crippen molar-refractivity contribution in [2.24, 2.45) is 5.73 Å². The monoisotopic (exact) mass is 353 g/mol. The lowest BCUT2D eigenvalue weighted by Crippen LogP contribution is -2.28. The van der Waals surface area contributed by atoms with Crippen molar-refractivity contribution in [3.8, 4) is 0 Å². The van der Waals surface area contributed by atoms with Gasteiger partial charge in [-0.2, -0.15) is 4.89 Å². The van der Waals surface area contributed by atoms with Crippen LogP contribution in [0.2, 0.25) is 0 Å². The van der Waals surface area contributed by atoms with Crippen LogP contribution in [0.4, 0.5) is 0 Å². The maximum absolute atomic E-state index is 12.0. The zero-order valence-electron chi connectivity index (χ0n) is 15.3. The summed E-state index contributed by atoms with van der Waals surface area (Å²) in [6.07, 6.45) is 5.18. The van der Waals surface area contributed by atoms with E-state index in [-0.39, 0.29) is 6.42 Å². The Morgan fingerprint density at radius 2 is 1.65 bits per heavy atom. The number of carbonyl (C=O) groups excluding carboxylic acids is 1. The minimum Gasteiger partial charge on any atom is -0.302 e. The average molecular weight is 353 g/mol. The number of rotatable bonds is 7. The Morgan fingerprint density at radius 3 is 2.31 bits per heavy atom. The highest BCUT2D eigenvalue weighted by Crippen LogP contribution is 2.33. The second-order valence-electron chi connectivity index (χ2n) is 7.18. The SMILES string of the molecule is Cc1ccc(C[C@@H](N)OOC(=O)Cc2ccc(C3CCCC3)cc2)cc1. The van der Waals surface area contributed by atoms with E-state index in [4.69, 9.17) is 15.5 Å². The lowest BCUT2D eigenvalue weighted by molar-refractivity contribution is -0.296. The van der Waals surface area contributed by atoms with Crippen molar-refractivity contribution in [3.63, 3.8) is 0 Å². The molecule has 1 fully saturated rings. The highest BCUT2D eigenvalue weighted by atomic mass is 17.2. The fraction of sp³-hybridized carbons (Fsp3) is 0.409. The zero-order valence-corrected chi connectivity index (χ0v) is 15.3. The zero-order chi connectivity index (χ0) is 18.4. The number of hydrogen-bond acceptors (Lipinski definition) is 4. The molecular weight excluding hydrogens is 326 g/mol. The van der Waals surface area contributed by atoms with Crippen molar-refractivity contribution in [3.05, 3.63) is 70.8 Å². The van der Waals surface area contributed by atoms with Gasteiger partial charge in [-0.05, 0) is 42.4 Å². The van der Waals surface area contributed by atoms with Crippen LogP contribution in [0, 0.1) is 6.92 Å². The van der Waals surface area contributed by atoms with Crippen molar-refractivity contribution >= 4 is 5.97 Å². The average Bonchev–Trinajstić information content (AvgIpc) is 3.17. The van der Waals surface area contributed by atoms with Crippen molar-refractivity contribution in [2.75, 3.05) is 0 Å². The van der Waals surface area contributed by atoms with E-state index in [2.05, 4.69) is 12.1 Å². The molecule has 1 aliphatic rings. The van der Waals surface area contributed by atoms with E-state index < -0.39 is 12.2 Å². The molecule has 0 heterocycles. The first kappa shape index (κ1) is 18.6. The van der Waals surface area contributed by atoms with Crippen molar-refractivity contribution < 1.29 is 14.6 Å². The molecule has 0 aromatic heterocycles. The standard InChI is InChI=1S/C22H27NO3/c1-16-6-8-17(9-7-16)14-21(23)25-26-22(24)15-18-10-12-20(13-11-18)19-4-2-3-5-19/h6-13,19,21H,2-5,14-15,23H2,1H3/t21-/m0/s1. The second-order valence-corrected chi connectivity index (χ2v) is 7.18. The summed E-state index contributed by atoms with van der Waals surface area (Å²) in [5, 5.41) is 0. The van der Waals surface area contributed by atoms with Gasteiger partial charge in [-0.3, -0.25) is 4.89 Å². The number of nitrogens with two attached hydrogens (primary N) is 1. The number of hydrogen-bond donors (Lipinski definition) is 1. The molecule has 0 aliphatic heterocycles. The summed E-state index contributed by atoms with van der Waals surface area (Å²) in [6.45, 7) is 2.03. The van der Waals surface area contributed by atoms with Crippen molar-refractivity contribution in [1.82, 2.24) is 0 Å². The molecule has 2 aromatic rings. The molecule has 138 valence electrons. The Kier molecular flexibility index (Phi) is 6.42. The molecule has 2 N–H and O–H groups in total. The van der Waals surface area contributed by atoms with Gasteiger partial charge in [0.25, 0.3) is 0 Å². The van der Waals surface area contributed by atoms with E-state index >= 15 is 0 Å². The van der Waals surface area contributed by atoms with Crippen LogP contribution in [0.3, 0.4) is 0 Å². The number of carbonyl (C=O) groups is 1. The van der Waals surface area contributed by atoms with Gasteiger partial charge in [0.2, 0.25) is 0 Å². The summed E-state index contributed by atoms with van der Waals surface area (Å²) >= 11 is 0. The highest BCUT2D eigenvalue weighted by molar-refractivity contribution is 5.71. The Morgan fingerprint density at radius 1 is 1.04 bits per heavy atom. The quantitative estimate of drug-likeness (QED) is 0.460. The Balaban J connectivity index is 1.42. The molecule has 0 spiro atoms. The van der Waals surface area contributed by atoms with Gasteiger partial charge in [0.05, 0.1) is 6.42 Å². The molecule has 1 atom stereocenters. The van der Waals surface area contributed by atoms with Crippen LogP contribution in [0.5, 0.6) is 0 Å². The Labute approximate surface area is 155 Å². The summed E-state index contributed by atoms with van der Waals surface area (Å²) in [6, 6.07) is 16.3. The predicted molar refractivity (Wildman–Crippen MR) is 101 cm³/mol. The molecule has 26 heavy (non-hydrogen) atoms. The summed E-state index contributed by atoms with van der Waals surface area (Å²) in [5.74, 6) is 0.247. The summed E-state index contributed by atoms with van der Waals surface area (Å²) < 4.78 is 0. The highest BCUT2D eigenvalue weighted by Gasteiger charge is 2.17. The maximum atomic E-state index is 12.0. The van der Waals surface area contributed by atoms with E-state index in [0.717, 1.165) is 11.1 Å². The van der Waals surface area contributed by atoms with E-state index in [1.165, 1.54) is 36.8 Å². The predicted octanol–water partition coefficient (Wildman–Crippen LogP) is 4.20. The van der Waals surface area contributed by atoms with Crippen molar-refractivity contribution in [1.29, 1.82) is 0 Å². The first-order valence-electron chi connectivity index (χ1n) is 9.36. The number of benzene rings is 2. The largest absolute Gasteiger partial charge is 0.346 e. The molecule has 1 aliphatic carbocycles. The molecule has 4 nitrogen and oxygen atoms in total. The van der Waals surface area contributed by atoms with E-state index in [1.54, 1.807) is 0 Å². The third-order valence-corrected chi connectivity index (χ3v) is 4.98. The molecule has 2 aromatic carbocycles. The van der Waals surface area contributed by atoms with Gasteiger partial charge >= 0.3 is 5.97 Å². The molecule has 0 bridgehead atoms. The van der Waals surface area contributed by atoms with Crippen LogP contribution in [0.1, 0.15) is 53.9 Å². The van der Waals surface area contributed by atoms with Gasteiger partial charge in [-0.1, -0.05) is 66.9 Å². The maximum Gasteiger partial charge on any atom is 0.346 e. The molecule has 0 amide bonds. The molecule has 0 unspecified atom stereocenters. The first-order valence-corrected chi connectivity index (χ1v) is 9.36. The van der Waals surface area contributed by atoms with Crippen LogP contribution in [0.25, 0.3) is 0 Å². The van der Waals surface area contributed by atoms with E-state index in [1.807, 2.05) is 43.3 Å². The molecule has 3 rings (SSSR count). The van der Waals surface area contributed by atoms with Gasteiger partial charge in [-0.15, -0.1) is 0 Å². The lowest BCUT2D eigenvalue weighted by atomic mass is 9.96. The van der Waals surface area contributed by atoms with Crippen LogP contribution in [-0.4, -0.2) is 12.2 Å². The normalized spacial score (nSPS) is 15.8. The lowest BCUT2D eigenvalue weighted by Gasteiger charge is -2.12. The Bertz CT molecular complexity index is 703. The minimum absolute atomic E-state index is 0.183. The summed E-state index contributed by atoms with van der Waals surface area (Å²) in [7, 11) is 0. The molecule has 0 radical (unpaired) electrons. The Hall–Kier alpha value is -2.17. The van der Waals surface area contributed by atoms with E-state index in [9.17, 15) is 4.79 Å². The van der Waals surface area contributed by atoms with Gasteiger partial charge in [-0.25, -0.2) is 4.79 Å². The summed E-state index contributed by atoms with van der Waals surface area (Å²) in [4.78, 5) is 21.9. The smallest absolute Gasteiger partial charge is 0.302 e. The third kappa shape index (κ3) is 5.41. The molecule has 4 heteroatoms. The van der Waals surface area contributed by atoms with Crippen LogP contribution in [0.15, 0.2) is 48.5 Å².